The molecule has 17 heavy (non-hydrogen) atoms. The molecule has 6 heteroatoms. The summed E-state index contributed by atoms with van der Waals surface area (Å²) in [5.74, 6) is -0.304. The Morgan fingerprint density at radius 1 is 1.59 bits per heavy atom. The topological polar surface area (TPSA) is 89.8 Å². The molecule has 4 N–H and O–H groups in total. The first-order valence-electron chi connectivity index (χ1n) is 5.90. The van der Waals surface area contributed by atoms with Gasteiger partial charge in [-0.1, -0.05) is 6.92 Å². The van der Waals surface area contributed by atoms with Crippen LogP contribution in [0.5, 0.6) is 0 Å². The number of carbonyl (C=O) groups is 1. The van der Waals surface area contributed by atoms with Gasteiger partial charge in [0.15, 0.2) is 0 Å². The highest BCUT2D eigenvalue weighted by molar-refractivity contribution is 7.99. The van der Waals surface area contributed by atoms with E-state index in [1.807, 2.05) is 6.92 Å². The third kappa shape index (κ3) is 3.58. The second-order valence-electron chi connectivity index (χ2n) is 4.41. The van der Waals surface area contributed by atoms with Crippen LogP contribution in [0.4, 0.5) is 0 Å². The number of carboxylic acids is 1. The number of hydrogen-bond donors (Lipinski definition) is 4. The average Bonchev–Trinajstić information content (AvgIpc) is 2.63. The number of thioether (sulfide) groups is 1. The van der Waals surface area contributed by atoms with Crippen LogP contribution in [-0.4, -0.2) is 57.1 Å². The highest BCUT2D eigenvalue weighted by Crippen LogP contribution is 2.30. The SMILES string of the molecule is CCS[C@H]1C[C@H]([C@H](CO)[C@@H](C)O)NC1C(=O)O. The van der Waals surface area contributed by atoms with Crippen molar-refractivity contribution in [1.29, 1.82) is 0 Å². The van der Waals surface area contributed by atoms with E-state index < -0.39 is 18.1 Å². The summed E-state index contributed by atoms with van der Waals surface area (Å²) in [5.41, 5.74) is 0. The van der Waals surface area contributed by atoms with Gasteiger partial charge in [-0.2, -0.15) is 11.8 Å². The predicted octanol–water partition coefficient (Wildman–Crippen LogP) is -0.0875. The Kier molecular flexibility index (Phi) is 5.72. The fourth-order valence-corrected chi connectivity index (χ4v) is 3.47. The largest absolute Gasteiger partial charge is 0.480 e. The molecule has 0 aromatic carbocycles. The Bertz CT molecular complexity index is 262. The first kappa shape index (κ1) is 14.8. The molecule has 0 bridgehead atoms. The minimum Gasteiger partial charge on any atom is -0.480 e. The fraction of sp³-hybridized carbons (Fsp3) is 0.909. The van der Waals surface area contributed by atoms with Gasteiger partial charge in [0.05, 0.1) is 6.10 Å². The maximum atomic E-state index is 11.1. The highest BCUT2D eigenvalue weighted by atomic mass is 32.2. The molecular formula is C11H21NO4S. The van der Waals surface area contributed by atoms with Gasteiger partial charge in [-0.05, 0) is 19.1 Å². The smallest absolute Gasteiger partial charge is 0.321 e. The standard InChI is InChI=1S/C11H21NO4S/c1-3-17-9-4-8(7(5-13)6(2)14)12-10(9)11(15)16/h6-10,12-14H,3-5H2,1-2H3,(H,15,16)/t6-,7-,8-,9+,10?/m1/s1. The molecule has 0 radical (unpaired) electrons. The van der Waals surface area contributed by atoms with Gasteiger partial charge in [0.25, 0.3) is 0 Å². The lowest BCUT2D eigenvalue weighted by Crippen LogP contribution is -2.44. The number of hydrogen-bond acceptors (Lipinski definition) is 5. The van der Waals surface area contributed by atoms with Crippen molar-refractivity contribution in [2.24, 2.45) is 5.92 Å². The summed E-state index contributed by atoms with van der Waals surface area (Å²) in [5, 5.41) is 31.0. The molecule has 5 nitrogen and oxygen atoms in total. The van der Waals surface area contributed by atoms with Crippen LogP contribution in [0.1, 0.15) is 20.3 Å². The Labute approximate surface area is 106 Å². The first-order valence-corrected chi connectivity index (χ1v) is 6.95. The maximum Gasteiger partial charge on any atom is 0.321 e. The number of carboxylic acid groups (broad SMARTS) is 1. The highest BCUT2D eigenvalue weighted by Gasteiger charge is 2.42. The van der Waals surface area contributed by atoms with Crippen LogP contribution in [0.15, 0.2) is 0 Å². The molecule has 0 amide bonds. The molecule has 0 spiro atoms. The van der Waals surface area contributed by atoms with Gasteiger partial charge in [0, 0.05) is 23.8 Å². The van der Waals surface area contributed by atoms with Crippen molar-refractivity contribution in [3.8, 4) is 0 Å². The van der Waals surface area contributed by atoms with Crippen LogP contribution in [0.3, 0.4) is 0 Å². The molecule has 0 saturated carbocycles. The van der Waals surface area contributed by atoms with Gasteiger partial charge in [0.2, 0.25) is 0 Å². The van der Waals surface area contributed by atoms with Gasteiger partial charge in [-0.15, -0.1) is 0 Å². The molecule has 0 aromatic heterocycles. The van der Waals surface area contributed by atoms with Crippen molar-refractivity contribution in [2.75, 3.05) is 12.4 Å². The van der Waals surface area contributed by atoms with E-state index in [-0.39, 0.29) is 23.8 Å². The monoisotopic (exact) mass is 263 g/mol. The second kappa shape index (κ2) is 6.58. The number of aliphatic carboxylic acids is 1. The van der Waals surface area contributed by atoms with E-state index in [0.29, 0.717) is 6.42 Å². The van der Waals surface area contributed by atoms with Crippen molar-refractivity contribution < 1.29 is 20.1 Å². The van der Waals surface area contributed by atoms with Crippen LogP contribution < -0.4 is 5.32 Å². The Morgan fingerprint density at radius 3 is 2.65 bits per heavy atom. The summed E-state index contributed by atoms with van der Waals surface area (Å²) in [6, 6.07) is -0.720. The van der Waals surface area contributed by atoms with Crippen LogP contribution in [0.2, 0.25) is 0 Å². The molecule has 1 heterocycles. The third-order valence-corrected chi connectivity index (χ3v) is 4.47. The molecule has 0 aliphatic carbocycles. The van der Waals surface area contributed by atoms with Gasteiger partial charge >= 0.3 is 5.97 Å². The molecule has 100 valence electrons. The van der Waals surface area contributed by atoms with Crippen molar-refractivity contribution in [2.45, 2.75) is 43.7 Å². The lowest BCUT2D eigenvalue weighted by molar-refractivity contribution is -0.139. The molecule has 1 saturated heterocycles. The third-order valence-electron chi connectivity index (χ3n) is 3.25. The van der Waals surface area contributed by atoms with Gasteiger partial charge in [-0.25, -0.2) is 0 Å². The number of rotatable bonds is 6. The van der Waals surface area contributed by atoms with Crippen molar-refractivity contribution in [3.63, 3.8) is 0 Å². The normalized spacial score (nSPS) is 32.4. The van der Waals surface area contributed by atoms with E-state index in [9.17, 15) is 15.0 Å². The zero-order valence-corrected chi connectivity index (χ0v) is 11.0. The molecule has 1 rings (SSSR count). The van der Waals surface area contributed by atoms with E-state index in [1.165, 1.54) is 0 Å². The lowest BCUT2D eigenvalue weighted by Gasteiger charge is -2.24. The van der Waals surface area contributed by atoms with E-state index in [0.717, 1.165) is 5.75 Å². The van der Waals surface area contributed by atoms with Crippen LogP contribution in [0.25, 0.3) is 0 Å². The number of nitrogens with one attached hydrogen (secondary N) is 1. The molecule has 5 atom stereocenters. The predicted molar refractivity (Wildman–Crippen MR) is 67.1 cm³/mol. The van der Waals surface area contributed by atoms with Gasteiger partial charge in [-0.3, -0.25) is 4.79 Å². The van der Waals surface area contributed by atoms with Crippen molar-refractivity contribution in [1.82, 2.24) is 5.32 Å². The van der Waals surface area contributed by atoms with E-state index in [2.05, 4.69) is 5.32 Å². The molecular weight excluding hydrogens is 242 g/mol. The van der Waals surface area contributed by atoms with Crippen LogP contribution in [-0.2, 0) is 4.79 Å². The summed E-state index contributed by atoms with van der Waals surface area (Å²) >= 11 is 1.61. The minimum atomic E-state index is -0.860. The zero-order chi connectivity index (χ0) is 13.0. The Balaban J connectivity index is 2.70. The number of aliphatic hydroxyl groups excluding tert-OH is 2. The summed E-state index contributed by atoms with van der Waals surface area (Å²) in [7, 11) is 0. The summed E-state index contributed by atoms with van der Waals surface area (Å²) in [4.78, 5) is 11.1. The quantitative estimate of drug-likeness (QED) is 0.536. The summed E-state index contributed by atoms with van der Waals surface area (Å²) in [6.45, 7) is 3.49. The molecule has 1 aliphatic heterocycles. The molecule has 1 unspecified atom stereocenters. The Hall–Kier alpha value is -0.300. The minimum absolute atomic E-state index is 0.00954. The maximum absolute atomic E-state index is 11.1. The van der Waals surface area contributed by atoms with E-state index in [4.69, 9.17) is 5.11 Å². The first-order chi connectivity index (χ1) is 8.01. The second-order valence-corrected chi connectivity index (χ2v) is 5.92. The van der Waals surface area contributed by atoms with Gasteiger partial charge in [0.1, 0.15) is 6.04 Å². The van der Waals surface area contributed by atoms with Crippen LogP contribution >= 0.6 is 11.8 Å². The summed E-state index contributed by atoms with van der Waals surface area (Å²) < 4.78 is 0. The van der Waals surface area contributed by atoms with E-state index in [1.54, 1.807) is 18.7 Å². The van der Waals surface area contributed by atoms with Crippen LogP contribution in [0, 0.1) is 5.92 Å². The Morgan fingerprint density at radius 2 is 2.24 bits per heavy atom. The molecule has 1 aliphatic rings. The van der Waals surface area contributed by atoms with Crippen molar-refractivity contribution >= 4 is 17.7 Å². The van der Waals surface area contributed by atoms with Gasteiger partial charge < -0.3 is 20.6 Å². The molecule has 0 aromatic rings. The average molecular weight is 263 g/mol. The number of aliphatic hydroxyl groups is 2. The lowest BCUT2D eigenvalue weighted by atomic mass is 9.94. The fourth-order valence-electron chi connectivity index (χ4n) is 2.32. The van der Waals surface area contributed by atoms with Crippen molar-refractivity contribution in [3.05, 3.63) is 0 Å². The van der Waals surface area contributed by atoms with E-state index >= 15 is 0 Å². The molecule has 1 fully saturated rings. The zero-order valence-electron chi connectivity index (χ0n) is 10.2. The summed E-state index contributed by atoms with van der Waals surface area (Å²) in [6.07, 6.45) is 0.0309.